The second-order valence-corrected chi connectivity index (χ2v) is 6.51. The molecule has 0 spiro atoms. The van der Waals surface area contributed by atoms with Crippen LogP contribution < -0.4 is 10.5 Å². The Balaban J connectivity index is 2.78. The first kappa shape index (κ1) is 13.3. The summed E-state index contributed by atoms with van der Waals surface area (Å²) in [6.07, 6.45) is 1.94. The summed E-state index contributed by atoms with van der Waals surface area (Å²) in [5.41, 5.74) is 5.99. The van der Waals surface area contributed by atoms with E-state index >= 15 is 0 Å². The van der Waals surface area contributed by atoms with Gasteiger partial charge in [0.25, 0.3) is 0 Å². The summed E-state index contributed by atoms with van der Waals surface area (Å²) >= 11 is 1.61. The quantitative estimate of drug-likeness (QED) is 0.783. The van der Waals surface area contributed by atoms with E-state index in [-0.39, 0.29) is 10.1 Å². The first-order valence-corrected chi connectivity index (χ1v) is 7.61. The van der Waals surface area contributed by atoms with Crippen molar-refractivity contribution in [2.24, 2.45) is 0 Å². The average Bonchev–Trinajstić information content (AvgIpc) is 2.26. The second-order valence-electron chi connectivity index (χ2n) is 3.47. The van der Waals surface area contributed by atoms with Crippen molar-refractivity contribution in [3.63, 3.8) is 0 Å². The van der Waals surface area contributed by atoms with E-state index in [0.717, 1.165) is 0 Å². The van der Waals surface area contributed by atoms with Crippen LogP contribution in [0.5, 0.6) is 0 Å². The van der Waals surface area contributed by atoms with Gasteiger partial charge in [-0.05, 0) is 24.5 Å². The second kappa shape index (κ2) is 5.56. The lowest BCUT2D eigenvalue weighted by molar-refractivity contribution is 0.581. The van der Waals surface area contributed by atoms with E-state index in [1.165, 1.54) is 12.1 Å². The highest BCUT2D eigenvalue weighted by atomic mass is 32.2. The normalized spacial score (nSPS) is 13.6. The lowest BCUT2D eigenvalue weighted by Crippen LogP contribution is -2.29. The highest BCUT2D eigenvalue weighted by Crippen LogP contribution is 2.13. The number of nitrogens with two attached hydrogens (primary N) is 1. The van der Waals surface area contributed by atoms with Gasteiger partial charge in [-0.3, -0.25) is 0 Å². The van der Waals surface area contributed by atoms with E-state index in [1.807, 2.05) is 13.2 Å². The zero-order valence-electron chi connectivity index (χ0n) is 9.30. The molecule has 1 aromatic carbocycles. The molecular weight excluding hydrogens is 244 g/mol. The molecule has 0 radical (unpaired) electrons. The fourth-order valence-electron chi connectivity index (χ4n) is 1.08. The molecule has 4 nitrogen and oxygen atoms in total. The number of nitrogens with one attached hydrogen (secondary N) is 1. The van der Waals surface area contributed by atoms with E-state index in [4.69, 9.17) is 5.73 Å². The van der Waals surface area contributed by atoms with Gasteiger partial charge in [0.2, 0.25) is 10.0 Å². The molecule has 1 rings (SSSR count). The van der Waals surface area contributed by atoms with Gasteiger partial charge in [-0.15, -0.1) is 0 Å². The number of anilines is 1. The van der Waals surface area contributed by atoms with Crippen LogP contribution in [0.25, 0.3) is 0 Å². The third-order valence-electron chi connectivity index (χ3n) is 2.13. The number of hydrogen-bond donors (Lipinski definition) is 2. The van der Waals surface area contributed by atoms with Gasteiger partial charge in [0.1, 0.15) is 0 Å². The number of thioether (sulfide) groups is 1. The molecule has 3 N–H and O–H groups in total. The number of nitrogen functional groups attached to an aromatic ring is 1. The van der Waals surface area contributed by atoms with Crippen LogP contribution in [0.4, 0.5) is 5.69 Å². The molecule has 0 aliphatic carbocycles. The molecule has 0 aliphatic rings. The van der Waals surface area contributed by atoms with Gasteiger partial charge in [-0.1, -0.05) is 13.0 Å². The Morgan fingerprint density at radius 2 is 2.19 bits per heavy atom. The highest BCUT2D eigenvalue weighted by molar-refractivity contribution is 7.99. The molecule has 0 bridgehead atoms. The molecule has 90 valence electrons. The summed E-state index contributed by atoms with van der Waals surface area (Å²) in [5, 5.41) is 0.246. The molecule has 6 heteroatoms. The molecule has 1 aromatic rings. The lowest BCUT2D eigenvalue weighted by atomic mass is 10.3. The third kappa shape index (κ3) is 3.70. The van der Waals surface area contributed by atoms with E-state index < -0.39 is 10.0 Å². The van der Waals surface area contributed by atoms with E-state index in [9.17, 15) is 8.42 Å². The molecule has 0 saturated carbocycles. The summed E-state index contributed by atoms with van der Waals surface area (Å²) in [6, 6.07) is 6.26. The van der Waals surface area contributed by atoms with Crippen LogP contribution in [0.3, 0.4) is 0 Å². The Morgan fingerprint density at radius 1 is 1.50 bits per heavy atom. The van der Waals surface area contributed by atoms with Crippen LogP contribution >= 0.6 is 11.8 Å². The standard InChI is InChI=1S/C10H16N2O2S2/c1-8(15-2)7-12-16(13,14)10-5-3-4-9(11)6-10/h3-6,8,12H,7,11H2,1-2H3. The summed E-state index contributed by atoms with van der Waals surface area (Å²) in [5.74, 6) is 0. The predicted octanol–water partition coefficient (Wildman–Crippen LogP) is 1.30. The zero-order chi connectivity index (χ0) is 12.2. The smallest absolute Gasteiger partial charge is 0.240 e. The fourth-order valence-corrected chi connectivity index (χ4v) is 2.62. The maximum absolute atomic E-state index is 11.8. The average molecular weight is 260 g/mol. The van der Waals surface area contributed by atoms with Gasteiger partial charge in [0, 0.05) is 17.5 Å². The minimum Gasteiger partial charge on any atom is -0.399 e. The largest absolute Gasteiger partial charge is 0.399 e. The van der Waals surface area contributed by atoms with E-state index in [0.29, 0.717) is 12.2 Å². The maximum Gasteiger partial charge on any atom is 0.240 e. The molecule has 1 atom stereocenters. The Morgan fingerprint density at radius 3 is 2.75 bits per heavy atom. The molecule has 1 unspecified atom stereocenters. The van der Waals surface area contributed by atoms with Gasteiger partial charge < -0.3 is 5.73 Å². The molecule has 0 saturated heterocycles. The molecule has 0 amide bonds. The van der Waals surface area contributed by atoms with Crippen molar-refractivity contribution in [3.05, 3.63) is 24.3 Å². The highest BCUT2D eigenvalue weighted by Gasteiger charge is 2.14. The monoisotopic (exact) mass is 260 g/mol. The van der Waals surface area contributed by atoms with Crippen LogP contribution in [-0.2, 0) is 10.0 Å². The summed E-state index contributed by atoms with van der Waals surface area (Å²) < 4.78 is 26.2. The van der Waals surface area contributed by atoms with Crippen LogP contribution in [0, 0.1) is 0 Å². The van der Waals surface area contributed by atoms with E-state index in [1.54, 1.807) is 23.9 Å². The van der Waals surface area contributed by atoms with Crippen molar-refractivity contribution in [1.82, 2.24) is 4.72 Å². The summed E-state index contributed by atoms with van der Waals surface area (Å²) in [4.78, 5) is 0.209. The van der Waals surface area contributed by atoms with Crippen molar-refractivity contribution >= 4 is 27.5 Å². The predicted molar refractivity (Wildman–Crippen MR) is 69.0 cm³/mol. The molecule has 0 aliphatic heterocycles. The number of sulfonamides is 1. The van der Waals surface area contributed by atoms with Gasteiger partial charge in [0.05, 0.1) is 4.90 Å². The van der Waals surface area contributed by atoms with Crippen molar-refractivity contribution < 1.29 is 8.42 Å². The Labute approximate surface area is 101 Å². The molecule has 16 heavy (non-hydrogen) atoms. The molecule has 0 aromatic heterocycles. The van der Waals surface area contributed by atoms with Crippen LogP contribution in [-0.4, -0.2) is 26.5 Å². The number of hydrogen-bond acceptors (Lipinski definition) is 4. The van der Waals surface area contributed by atoms with Gasteiger partial charge in [0.15, 0.2) is 0 Å². The van der Waals surface area contributed by atoms with Gasteiger partial charge in [-0.25, -0.2) is 13.1 Å². The van der Waals surface area contributed by atoms with Crippen molar-refractivity contribution in [3.8, 4) is 0 Å². The van der Waals surface area contributed by atoms with Crippen LogP contribution in [0.2, 0.25) is 0 Å². The van der Waals surface area contributed by atoms with E-state index in [2.05, 4.69) is 4.72 Å². The fraction of sp³-hybridized carbons (Fsp3) is 0.400. The van der Waals surface area contributed by atoms with Gasteiger partial charge in [-0.2, -0.15) is 11.8 Å². The Kier molecular flexibility index (Phi) is 4.64. The minimum absolute atomic E-state index is 0.209. The number of benzene rings is 1. The van der Waals surface area contributed by atoms with Crippen molar-refractivity contribution in [2.75, 3.05) is 18.5 Å². The SMILES string of the molecule is CSC(C)CNS(=O)(=O)c1cccc(N)c1. The van der Waals surface area contributed by atoms with Crippen LogP contribution in [0.1, 0.15) is 6.92 Å². The maximum atomic E-state index is 11.8. The number of rotatable bonds is 5. The van der Waals surface area contributed by atoms with Crippen molar-refractivity contribution in [1.29, 1.82) is 0 Å². The summed E-state index contributed by atoms with van der Waals surface area (Å²) in [7, 11) is -3.43. The Bertz CT molecular complexity index is 446. The minimum atomic E-state index is -3.43. The topological polar surface area (TPSA) is 72.2 Å². The molecule has 0 fully saturated rings. The first-order valence-electron chi connectivity index (χ1n) is 4.83. The first-order chi connectivity index (χ1) is 7.45. The Hall–Kier alpha value is -0.720. The van der Waals surface area contributed by atoms with Gasteiger partial charge >= 0.3 is 0 Å². The van der Waals surface area contributed by atoms with Crippen molar-refractivity contribution in [2.45, 2.75) is 17.1 Å². The van der Waals surface area contributed by atoms with Crippen LogP contribution in [0.15, 0.2) is 29.2 Å². The lowest BCUT2D eigenvalue weighted by Gasteiger charge is -2.10. The summed E-state index contributed by atoms with van der Waals surface area (Å²) in [6.45, 7) is 2.38. The molecular formula is C10H16N2O2S2. The zero-order valence-corrected chi connectivity index (χ0v) is 10.9. The molecule has 0 heterocycles. The third-order valence-corrected chi connectivity index (χ3v) is 4.52.